The summed E-state index contributed by atoms with van der Waals surface area (Å²) in [4.78, 5) is 26.6. The lowest BCUT2D eigenvalue weighted by Crippen LogP contribution is -2.10. The highest BCUT2D eigenvalue weighted by molar-refractivity contribution is 5.99. The van der Waals surface area contributed by atoms with E-state index in [4.69, 9.17) is 4.42 Å². The van der Waals surface area contributed by atoms with Crippen LogP contribution in [-0.4, -0.2) is 50.8 Å². The molecule has 0 saturated heterocycles. The molecule has 0 bridgehead atoms. The Morgan fingerprint density at radius 1 is 1.25 bits per heavy atom. The number of alkyl halides is 2. The van der Waals surface area contributed by atoms with Gasteiger partial charge in [0.2, 0.25) is 11.5 Å². The Hall–Kier alpha value is -2.03. The summed E-state index contributed by atoms with van der Waals surface area (Å²) < 4.78 is 42.2. The Balaban J connectivity index is 2.75. The molecule has 0 N–H and O–H groups in total. The van der Waals surface area contributed by atoms with E-state index in [1.165, 1.54) is 0 Å². The van der Waals surface area contributed by atoms with E-state index in [9.17, 15) is 18.4 Å². The number of nitrogens with zero attached hydrogens (tertiary/aromatic N) is 1. The fourth-order valence-corrected chi connectivity index (χ4v) is 1.27. The van der Waals surface area contributed by atoms with Crippen molar-refractivity contribution in [3.05, 3.63) is 17.3 Å². The number of methoxy groups -OCH3 is 2. The maximum atomic E-state index is 11.8. The van der Waals surface area contributed by atoms with E-state index in [2.05, 4.69) is 19.2 Å². The van der Waals surface area contributed by atoms with E-state index in [1.807, 2.05) is 0 Å². The van der Waals surface area contributed by atoms with Gasteiger partial charge in [-0.15, -0.1) is 0 Å². The minimum absolute atomic E-state index is 0.0138. The molecule has 0 unspecified atom stereocenters. The predicted octanol–water partition coefficient (Wildman–Crippen LogP) is 1.07. The van der Waals surface area contributed by atoms with Crippen LogP contribution in [0.5, 0.6) is 0 Å². The molecule has 0 atom stereocenters. The topological polar surface area (TPSA) is 87.9 Å². The summed E-state index contributed by atoms with van der Waals surface area (Å²) in [6.07, 6.45) is -2.55. The first-order chi connectivity index (χ1) is 9.49. The number of halogens is 2. The molecule has 112 valence electrons. The predicted molar refractivity (Wildman–Crippen MR) is 59.7 cm³/mol. The average Bonchev–Trinajstić information content (AvgIpc) is 2.85. The van der Waals surface area contributed by atoms with Crippen molar-refractivity contribution in [1.29, 1.82) is 0 Å². The maximum absolute atomic E-state index is 11.8. The molecule has 0 aliphatic rings. The zero-order chi connectivity index (χ0) is 15.1. The van der Waals surface area contributed by atoms with Crippen LogP contribution in [0, 0.1) is 0 Å². The monoisotopic (exact) mass is 293 g/mol. The van der Waals surface area contributed by atoms with Gasteiger partial charge in [0.05, 0.1) is 20.8 Å². The van der Waals surface area contributed by atoms with Crippen LogP contribution in [0.4, 0.5) is 8.78 Å². The first-order valence-corrected chi connectivity index (χ1v) is 5.51. The second-order valence-corrected chi connectivity index (χ2v) is 3.48. The van der Waals surface area contributed by atoms with Gasteiger partial charge in [-0.2, -0.15) is 0 Å². The molecule has 0 radical (unpaired) electrons. The van der Waals surface area contributed by atoms with Gasteiger partial charge >= 0.3 is 11.9 Å². The second kappa shape index (κ2) is 7.53. The van der Waals surface area contributed by atoms with Gasteiger partial charge in [0, 0.05) is 6.42 Å². The zero-order valence-corrected chi connectivity index (χ0v) is 10.9. The van der Waals surface area contributed by atoms with E-state index in [0.717, 1.165) is 14.2 Å². The van der Waals surface area contributed by atoms with Crippen molar-refractivity contribution in [2.45, 2.75) is 12.8 Å². The molecule has 1 heterocycles. The van der Waals surface area contributed by atoms with Crippen LogP contribution in [-0.2, 0) is 20.6 Å². The fraction of sp³-hybridized carbons (Fsp3) is 0.545. The Morgan fingerprint density at radius 2 is 1.90 bits per heavy atom. The normalized spacial score (nSPS) is 10.7. The number of hydrogen-bond donors (Lipinski definition) is 0. The fourth-order valence-electron chi connectivity index (χ4n) is 1.27. The Kier molecular flexibility index (Phi) is 6.04. The summed E-state index contributed by atoms with van der Waals surface area (Å²) >= 11 is 0. The number of hydrogen-bond acceptors (Lipinski definition) is 7. The second-order valence-electron chi connectivity index (χ2n) is 3.48. The van der Waals surface area contributed by atoms with Gasteiger partial charge in [0.25, 0.3) is 6.43 Å². The van der Waals surface area contributed by atoms with Crippen LogP contribution < -0.4 is 0 Å². The molecule has 0 spiro atoms. The zero-order valence-electron chi connectivity index (χ0n) is 10.9. The van der Waals surface area contributed by atoms with E-state index in [0.29, 0.717) is 0 Å². The van der Waals surface area contributed by atoms with Crippen LogP contribution in [0.3, 0.4) is 0 Å². The summed E-state index contributed by atoms with van der Waals surface area (Å²) in [7, 11) is 2.22. The number of oxazole rings is 1. The molecule has 20 heavy (non-hydrogen) atoms. The van der Waals surface area contributed by atoms with Crippen LogP contribution in [0.15, 0.2) is 4.42 Å². The first kappa shape index (κ1) is 16.0. The van der Waals surface area contributed by atoms with Crippen molar-refractivity contribution in [2.24, 2.45) is 0 Å². The lowest BCUT2D eigenvalue weighted by molar-refractivity contribution is 0.0172. The van der Waals surface area contributed by atoms with Crippen molar-refractivity contribution >= 4 is 11.9 Å². The van der Waals surface area contributed by atoms with E-state index >= 15 is 0 Å². The molecular formula is C11H13F2NO6. The van der Waals surface area contributed by atoms with Crippen molar-refractivity contribution in [2.75, 3.05) is 27.4 Å². The first-order valence-electron chi connectivity index (χ1n) is 5.51. The van der Waals surface area contributed by atoms with Crippen LogP contribution in [0.1, 0.15) is 26.9 Å². The third kappa shape index (κ3) is 4.26. The molecule has 9 heteroatoms. The van der Waals surface area contributed by atoms with Crippen molar-refractivity contribution in [3.63, 3.8) is 0 Å². The van der Waals surface area contributed by atoms with Crippen LogP contribution in [0.25, 0.3) is 0 Å². The van der Waals surface area contributed by atoms with Gasteiger partial charge in [-0.3, -0.25) is 0 Å². The van der Waals surface area contributed by atoms with Gasteiger partial charge in [0.15, 0.2) is 5.89 Å². The highest BCUT2D eigenvalue weighted by Gasteiger charge is 2.26. The average molecular weight is 293 g/mol. The van der Waals surface area contributed by atoms with Gasteiger partial charge < -0.3 is 18.6 Å². The third-order valence-corrected chi connectivity index (χ3v) is 2.13. The molecular weight excluding hydrogens is 280 g/mol. The van der Waals surface area contributed by atoms with Crippen LogP contribution >= 0.6 is 0 Å². The standard InChI is InChI=1S/C11H13F2NO6/c1-17-10(15)8-9(11(16)18-2)20-7(14-8)3-4-19-5-6(12)13/h6H,3-5H2,1-2H3. The number of carbonyl (C=O) groups excluding carboxylic acids is 2. The minimum Gasteiger partial charge on any atom is -0.464 e. The summed E-state index contributed by atoms with van der Waals surface area (Å²) in [5.41, 5.74) is -0.330. The summed E-state index contributed by atoms with van der Waals surface area (Å²) in [5.74, 6) is -2.17. The molecule has 0 aliphatic carbocycles. The largest absolute Gasteiger partial charge is 0.464 e. The molecule has 0 amide bonds. The highest BCUT2D eigenvalue weighted by atomic mass is 19.3. The number of rotatable bonds is 7. The van der Waals surface area contributed by atoms with E-state index in [1.54, 1.807) is 0 Å². The van der Waals surface area contributed by atoms with Gasteiger partial charge in [-0.25, -0.2) is 23.4 Å². The Bertz CT molecular complexity index is 440. The lowest BCUT2D eigenvalue weighted by atomic mass is 10.3. The highest BCUT2D eigenvalue weighted by Crippen LogP contribution is 2.14. The smallest absolute Gasteiger partial charge is 0.376 e. The number of esters is 2. The van der Waals surface area contributed by atoms with Crippen molar-refractivity contribution < 1.29 is 37.0 Å². The molecule has 0 aliphatic heterocycles. The number of ether oxygens (including phenoxy) is 3. The SMILES string of the molecule is COC(=O)c1nc(CCOCC(F)F)oc1C(=O)OC. The van der Waals surface area contributed by atoms with Gasteiger partial charge in [0.1, 0.15) is 6.61 Å². The summed E-state index contributed by atoms with van der Waals surface area (Å²) in [6, 6.07) is 0. The Labute approximate surface area is 112 Å². The van der Waals surface area contributed by atoms with Crippen molar-refractivity contribution in [1.82, 2.24) is 4.98 Å². The third-order valence-electron chi connectivity index (χ3n) is 2.13. The van der Waals surface area contributed by atoms with Crippen LogP contribution in [0.2, 0.25) is 0 Å². The molecule has 0 saturated carbocycles. The molecule has 1 rings (SSSR count). The minimum atomic E-state index is -2.57. The molecule has 1 aromatic rings. The molecule has 0 fully saturated rings. The molecule has 1 aromatic heterocycles. The summed E-state index contributed by atoms with van der Waals surface area (Å²) in [5, 5.41) is 0. The van der Waals surface area contributed by atoms with E-state index < -0.39 is 30.7 Å². The van der Waals surface area contributed by atoms with Gasteiger partial charge in [-0.1, -0.05) is 0 Å². The van der Waals surface area contributed by atoms with E-state index in [-0.39, 0.29) is 24.6 Å². The molecule has 0 aromatic carbocycles. The molecule has 7 nitrogen and oxygen atoms in total. The lowest BCUT2D eigenvalue weighted by Gasteiger charge is -2.00. The van der Waals surface area contributed by atoms with Crippen molar-refractivity contribution in [3.8, 4) is 0 Å². The maximum Gasteiger partial charge on any atom is 0.376 e. The Morgan fingerprint density at radius 3 is 2.45 bits per heavy atom. The van der Waals surface area contributed by atoms with Gasteiger partial charge in [-0.05, 0) is 0 Å². The number of aromatic nitrogens is 1. The number of carbonyl (C=O) groups is 2. The summed E-state index contributed by atoms with van der Waals surface area (Å²) in [6.45, 7) is -0.805. The quantitative estimate of drug-likeness (QED) is 0.549.